The average molecular weight is 404 g/mol. The summed E-state index contributed by atoms with van der Waals surface area (Å²) in [7, 11) is 0. The van der Waals surface area contributed by atoms with Crippen molar-refractivity contribution in [2.75, 3.05) is 63.9 Å². The van der Waals surface area contributed by atoms with Gasteiger partial charge in [0.1, 0.15) is 11.6 Å². The minimum atomic E-state index is -0.105. The molecule has 0 saturated carbocycles. The van der Waals surface area contributed by atoms with Gasteiger partial charge >= 0.3 is 0 Å². The fourth-order valence-electron chi connectivity index (χ4n) is 3.55. The molecule has 162 valence electrons. The lowest BCUT2D eigenvalue weighted by Gasteiger charge is -2.37. The Hall–Kier alpha value is -1.73. The maximum Gasteiger partial charge on any atom is 0.236 e. The number of aromatic nitrogens is 2. The molecule has 0 unspecified atom stereocenters. The van der Waals surface area contributed by atoms with E-state index >= 15 is 0 Å². The van der Waals surface area contributed by atoms with E-state index in [1.807, 2.05) is 4.90 Å². The SMILES string of the molecule is CC(C)(C)c1cc(N2CCN(C(=O)CN3CCOCC3)CC2)nc(C(C)(C)C)n1. The van der Waals surface area contributed by atoms with Crippen molar-refractivity contribution in [3.8, 4) is 0 Å². The molecule has 1 amide bonds. The van der Waals surface area contributed by atoms with E-state index in [4.69, 9.17) is 14.7 Å². The van der Waals surface area contributed by atoms with Crippen LogP contribution in [-0.2, 0) is 20.4 Å². The first-order chi connectivity index (χ1) is 13.5. The number of morpholine rings is 1. The van der Waals surface area contributed by atoms with Crippen LogP contribution in [-0.4, -0.2) is 84.7 Å². The molecule has 2 aliphatic rings. The number of rotatable bonds is 3. The second-order valence-electron chi connectivity index (χ2n) is 10.2. The van der Waals surface area contributed by atoms with Crippen molar-refractivity contribution in [2.24, 2.45) is 0 Å². The third kappa shape index (κ3) is 5.66. The van der Waals surface area contributed by atoms with Gasteiger partial charge in [0.15, 0.2) is 0 Å². The molecular weight excluding hydrogens is 366 g/mol. The van der Waals surface area contributed by atoms with Crippen LogP contribution in [0.15, 0.2) is 6.07 Å². The van der Waals surface area contributed by atoms with Gasteiger partial charge in [-0.05, 0) is 0 Å². The molecule has 0 N–H and O–H groups in total. The topological polar surface area (TPSA) is 61.8 Å². The van der Waals surface area contributed by atoms with Gasteiger partial charge in [-0.15, -0.1) is 0 Å². The molecule has 29 heavy (non-hydrogen) atoms. The summed E-state index contributed by atoms with van der Waals surface area (Å²) in [6, 6.07) is 2.13. The number of ether oxygens (including phenoxy) is 1. The van der Waals surface area contributed by atoms with Gasteiger partial charge in [0.2, 0.25) is 5.91 Å². The third-order valence-corrected chi connectivity index (χ3v) is 5.57. The molecule has 1 aromatic heterocycles. The second kappa shape index (κ2) is 8.56. The van der Waals surface area contributed by atoms with Crippen molar-refractivity contribution in [1.29, 1.82) is 0 Å². The normalized spacial score (nSPS) is 19.5. The monoisotopic (exact) mass is 403 g/mol. The Bertz CT molecular complexity index is 677. The molecule has 0 bridgehead atoms. The van der Waals surface area contributed by atoms with E-state index in [0.717, 1.165) is 69.8 Å². The molecule has 0 atom stereocenters. The van der Waals surface area contributed by atoms with Crippen molar-refractivity contribution in [3.05, 3.63) is 17.6 Å². The average Bonchev–Trinajstić information content (AvgIpc) is 2.67. The van der Waals surface area contributed by atoms with E-state index in [2.05, 4.69) is 57.4 Å². The molecule has 3 rings (SSSR count). The zero-order valence-corrected chi connectivity index (χ0v) is 19.0. The summed E-state index contributed by atoms with van der Waals surface area (Å²) in [6.07, 6.45) is 0. The van der Waals surface area contributed by atoms with E-state index in [1.165, 1.54) is 0 Å². The zero-order chi connectivity index (χ0) is 21.2. The zero-order valence-electron chi connectivity index (χ0n) is 19.0. The number of amides is 1. The van der Waals surface area contributed by atoms with E-state index in [9.17, 15) is 4.79 Å². The van der Waals surface area contributed by atoms with Crippen LogP contribution in [0.5, 0.6) is 0 Å². The van der Waals surface area contributed by atoms with Crippen molar-refractivity contribution >= 4 is 11.7 Å². The number of hydrogen-bond donors (Lipinski definition) is 0. The molecular formula is C22H37N5O2. The summed E-state index contributed by atoms with van der Waals surface area (Å²) >= 11 is 0. The molecule has 2 fully saturated rings. The highest BCUT2D eigenvalue weighted by Gasteiger charge is 2.28. The maximum atomic E-state index is 12.7. The first-order valence-electron chi connectivity index (χ1n) is 10.8. The summed E-state index contributed by atoms with van der Waals surface area (Å²) < 4.78 is 5.37. The van der Waals surface area contributed by atoms with Gasteiger partial charge in [0.05, 0.1) is 25.5 Å². The van der Waals surface area contributed by atoms with Crippen LogP contribution in [0.4, 0.5) is 5.82 Å². The Kier molecular flexibility index (Phi) is 6.48. The Balaban J connectivity index is 1.67. The number of nitrogens with zero attached hydrogens (tertiary/aromatic N) is 5. The van der Waals surface area contributed by atoms with Gasteiger partial charge in [-0.2, -0.15) is 0 Å². The van der Waals surface area contributed by atoms with Crippen LogP contribution in [0.25, 0.3) is 0 Å². The molecule has 0 aliphatic carbocycles. The van der Waals surface area contributed by atoms with Crippen LogP contribution >= 0.6 is 0 Å². The number of anilines is 1. The third-order valence-electron chi connectivity index (χ3n) is 5.57. The smallest absolute Gasteiger partial charge is 0.236 e. The predicted molar refractivity (Wildman–Crippen MR) is 115 cm³/mol. The van der Waals surface area contributed by atoms with Crippen LogP contribution in [0, 0.1) is 0 Å². The number of carbonyl (C=O) groups is 1. The summed E-state index contributed by atoms with van der Waals surface area (Å²) in [6.45, 7) is 19.7. The van der Waals surface area contributed by atoms with Crippen molar-refractivity contribution in [3.63, 3.8) is 0 Å². The minimum absolute atomic E-state index is 0.0341. The molecule has 3 heterocycles. The molecule has 7 heteroatoms. The van der Waals surface area contributed by atoms with Crippen LogP contribution in [0.3, 0.4) is 0 Å². The summed E-state index contributed by atoms with van der Waals surface area (Å²) in [5, 5.41) is 0. The fourth-order valence-corrected chi connectivity index (χ4v) is 3.55. The van der Waals surface area contributed by atoms with E-state index in [1.54, 1.807) is 0 Å². The highest BCUT2D eigenvalue weighted by Crippen LogP contribution is 2.28. The Morgan fingerprint density at radius 1 is 0.931 bits per heavy atom. The highest BCUT2D eigenvalue weighted by atomic mass is 16.5. The lowest BCUT2D eigenvalue weighted by Crippen LogP contribution is -2.52. The van der Waals surface area contributed by atoms with Gasteiger partial charge < -0.3 is 14.5 Å². The van der Waals surface area contributed by atoms with Gasteiger partial charge in [0.25, 0.3) is 0 Å². The largest absolute Gasteiger partial charge is 0.379 e. The van der Waals surface area contributed by atoms with E-state index < -0.39 is 0 Å². The molecule has 2 saturated heterocycles. The summed E-state index contributed by atoms with van der Waals surface area (Å²) in [5.41, 5.74) is 0.929. The lowest BCUT2D eigenvalue weighted by molar-refractivity contribution is -0.133. The first-order valence-corrected chi connectivity index (χ1v) is 10.8. The van der Waals surface area contributed by atoms with Gasteiger partial charge in [0, 0.05) is 56.2 Å². The molecule has 0 aromatic carbocycles. The quantitative estimate of drug-likeness (QED) is 0.770. The van der Waals surface area contributed by atoms with Crippen LogP contribution in [0.2, 0.25) is 0 Å². The number of hydrogen-bond acceptors (Lipinski definition) is 6. The number of carbonyl (C=O) groups excluding carboxylic acids is 1. The maximum absolute atomic E-state index is 12.7. The minimum Gasteiger partial charge on any atom is -0.379 e. The molecule has 0 radical (unpaired) electrons. The van der Waals surface area contributed by atoms with Gasteiger partial charge in [-0.3, -0.25) is 9.69 Å². The van der Waals surface area contributed by atoms with E-state index in [-0.39, 0.29) is 16.7 Å². The Labute approximate surface area is 175 Å². The second-order valence-corrected chi connectivity index (χ2v) is 10.2. The summed E-state index contributed by atoms with van der Waals surface area (Å²) in [5.74, 6) is 2.08. The Morgan fingerprint density at radius 3 is 2.10 bits per heavy atom. The molecule has 0 spiro atoms. The van der Waals surface area contributed by atoms with Crippen molar-refractivity contribution in [2.45, 2.75) is 52.4 Å². The van der Waals surface area contributed by atoms with Crippen molar-refractivity contribution < 1.29 is 9.53 Å². The fraction of sp³-hybridized carbons (Fsp3) is 0.773. The Morgan fingerprint density at radius 2 is 1.55 bits per heavy atom. The molecule has 1 aromatic rings. The van der Waals surface area contributed by atoms with Gasteiger partial charge in [-0.25, -0.2) is 9.97 Å². The predicted octanol–water partition coefficient (Wildman–Crippen LogP) is 2.05. The standard InChI is InChI=1S/C22H37N5O2/c1-21(2,3)17-15-18(24-20(23-17)22(4,5)6)26-7-9-27(10-8-26)19(28)16-25-11-13-29-14-12-25/h15H,7-14,16H2,1-6H3. The van der Waals surface area contributed by atoms with Crippen LogP contribution < -0.4 is 4.90 Å². The lowest BCUT2D eigenvalue weighted by atomic mass is 9.90. The molecule has 7 nitrogen and oxygen atoms in total. The van der Waals surface area contributed by atoms with Gasteiger partial charge in [-0.1, -0.05) is 41.5 Å². The van der Waals surface area contributed by atoms with Crippen molar-refractivity contribution in [1.82, 2.24) is 19.8 Å². The molecule has 2 aliphatic heterocycles. The highest BCUT2D eigenvalue weighted by molar-refractivity contribution is 5.78. The van der Waals surface area contributed by atoms with Crippen LogP contribution in [0.1, 0.15) is 53.1 Å². The number of piperazine rings is 1. The van der Waals surface area contributed by atoms with E-state index in [0.29, 0.717) is 6.54 Å². The first kappa shape index (κ1) is 22.0. The summed E-state index contributed by atoms with van der Waals surface area (Å²) in [4.78, 5) is 28.9.